The molecule has 502 valence electrons. The summed E-state index contributed by atoms with van der Waals surface area (Å²) in [5, 5.41) is 4.93. The van der Waals surface area contributed by atoms with Gasteiger partial charge < -0.3 is 18.9 Å². The van der Waals surface area contributed by atoms with Crippen LogP contribution in [-0.4, -0.2) is 15.8 Å². The molecule has 4 heterocycles. The van der Waals surface area contributed by atoms with E-state index < -0.39 is 0 Å². The first-order valence-corrected chi connectivity index (χ1v) is 37.4. The van der Waals surface area contributed by atoms with E-state index in [2.05, 4.69) is 374 Å². The summed E-state index contributed by atoms with van der Waals surface area (Å²) in [7, 11) is 0. The first-order valence-electron chi connectivity index (χ1n) is 37.4. The molecule has 4 nitrogen and oxygen atoms in total. The Kier molecular flexibility index (Phi) is 14.0. The Bertz CT molecular complexity index is 5930. The number of hydrogen-bond acceptors (Lipinski definition) is 2. The summed E-state index contributed by atoms with van der Waals surface area (Å²) >= 11 is 0. The van der Waals surface area contributed by atoms with Gasteiger partial charge in [-0.2, -0.15) is 0 Å². The molecule has 0 saturated heterocycles. The van der Waals surface area contributed by atoms with Crippen LogP contribution in [0.5, 0.6) is 0 Å². The van der Waals surface area contributed by atoms with Gasteiger partial charge in [-0.3, -0.25) is 0 Å². The fraction of sp³-hybridized carbons (Fsp3) is 0.204. The zero-order valence-electron chi connectivity index (χ0n) is 61.3. The molecule has 0 N–H and O–H groups in total. The van der Waals surface area contributed by atoms with Gasteiger partial charge in [0.2, 0.25) is 0 Å². The molecule has 4 aliphatic rings. The summed E-state index contributed by atoms with van der Waals surface area (Å²) in [5.74, 6) is 0. The maximum absolute atomic E-state index is 2.64. The van der Waals surface area contributed by atoms with Gasteiger partial charge in [-0.1, -0.05) is 270 Å². The molecule has 103 heavy (non-hydrogen) atoms. The van der Waals surface area contributed by atoms with Gasteiger partial charge in [0.25, 0.3) is 6.71 Å². The predicted octanol–water partition coefficient (Wildman–Crippen LogP) is 24.6. The first kappa shape index (κ1) is 63.1. The fourth-order valence-electron chi connectivity index (χ4n) is 18.5. The van der Waals surface area contributed by atoms with Gasteiger partial charge in [0.15, 0.2) is 0 Å². The highest BCUT2D eigenvalue weighted by molar-refractivity contribution is 7.00. The van der Waals surface area contributed by atoms with E-state index in [9.17, 15) is 0 Å². The van der Waals surface area contributed by atoms with E-state index >= 15 is 0 Å². The van der Waals surface area contributed by atoms with Crippen molar-refractivity contribution >= 4 is 101 Å². The third-order valence-electron chi connectivity index (χ3n) is 24.6. The maximum atomic E-state index is 2.64. The molecule has 0 radical (unpaired) electrons. The first-order chi connectivity index (χ1) is 49.7. The SMILES string of the molecule is CC(C)(C)c1cccc(-c2ccc3c(c2)B2c4ccc(-n5c6ccccc6c6ccccc65)cc4N(c4ccc(-c5ccc6c(c5)C(C)(C)CCC6(C)C)cc4)c4cc(-n5c6ccccc6c6cc(-c7ccccc7)ccc65)cc(c42)N3c2ccc(-c3ccc4c(c3)C(C)(C)CCC4(C)C)cc2)c1. The Labute approximate surface area is 607 Å². The second-order valence-electron chi connectivity index (χ2n) is 33.8. The molecule has 0 saturated carbocycles. The van der Waals surface area contributed by atoms with Crippen LogP contribution < -0.4 is 26.2 Å². The lowest BCUT2D eigenvalue weighted by Gasteiger charge is -2.44. The molecule has 2 aliphatic heterocycles. The monoisotopic (exact) mass is 1330 g/mol. The lowest BCUT2D eigenvalue weighted by molar-refractivity contribution is 0.332. The Morgan fingerprint density at radius 2 is 0.670 bits per heavy atom. The molecule has 5 heteroatoms. The average molecular weight is 1330 g/mol. The lowest BCUT2D eigenvalue weighted by Crippen LogP contribution is -2.61. The number of fused-ring (bicyclic) bond motifs is 12. The quantitative estimate of drug-likeness (QED) is 0.141. The van der Waals surface area contributed by atoms with Crippen LogP contribution in [0.25, 0.3) is 99.5 Å². The molecule has 0 fully saturated rings. The number of benzene rings is 13. The average Bonchev–Trinajstić information content (AvgIpc) is 1.62. The van der Waals surface area contributed by atoms with Crippen LogP contribution >= 0.6 is 0 Å². The molecule has 0 amide bonds. The van der Waals surface area contributed by atoms with E-state index in [-0.39, 0.29) is 33.8 Å². The summed E-state index contributed by atoms with van der Waals surface area (Å²) in [6, 6.07) is 108. The van der Waals surface area contributed by atoms with Gasteiger partial charge in [0.05, 0.1) is 27.8 Å². The van der Waals surface area contributed by atoms with Crippen molar-refractivity contribution in [2.75, 3.05) is 9.80 Å². The van der Waals surface area contributed by atoms with Crippen LogP contribution in [0.3, 0.4) is 0 Å². The van der Waals surface area contributed by atoms with Crippen molar-refractivity contribution in [1.29, 1.82) is 0 Å². The largest absolute Gasteiger partial charge is 0.311 e. The van der Waals surface area contributed by atoms with Crippen molar-refractivity contribution in [2.24, 2.45) is 0 Å². The zero-order valence-corrected chi connectivity index (χ0v) is 61.3. The topological polar surface area (TPSA) is 16.3 Å². The number of rotatable bonds is 8. The minimum atomic E-state index is -0.175. The number of hydrogen-bond donors (Lipinski definition) is 0. The normalized spacial score (nSPS) is 16.0. The summed E-state index contributed by atoms with van der Waals surface area (Å²) in [5.41, 5.74) is 34.9. The van der Waals surface area contributed by atoms with E-state index in [4.69, 9.17) is 0 Å². The van der Waals surface area contributed by atoms with Crippen LogP contribution in [-0.2, 0) is 27.1 Å². The molecule has 0 spiro atoms. The summed E-state index contributed by atoms with van der Waals surface area (Å²) in [4.78, 5) is 5.25. The van der Waals surface area contributed by atoms with Gasteiger partial charge in [0.1, 0.15) is 0 Å². The Hall–Kier alpha value is -10.9. The Balaban J connectivity index is 0.893. The van der Waals surface area contributed by atoms with Crippen LogP contribution in [0, 0.1) is 0 Å². The van der Waals surface area contributed by atoms with E-state index in [1.165, 1.54) is 153 Å². The van der Waals surface area contributed by atoms with E-state index in [1.807, 2.05) is 0 Å². The highest BCUT2D eigenvalue weighted by Gasteiger charge is 2.45. The molecule has 0 atom stereocenters. The maximum Gasteiger partial charge on any atom is 0.252 e. The van der Waals surface area contributed by atoms with Crippen molar-refractivity contribution in [3.63, 3.8) is 0 Å². The van der Waals surface area contributed by atoms with Crippen LogP contribution in [0.2, 0.25) is 0 Å². The third kappa shape index (κ3) is 9.99. The van der Waals surface area contributed by atoms with Gasteiger partial charge in [-0.05, 0) is 226 Å². The number of para-hydroxylation sites is 3. The molecule has 15 aromatic rings. The zero-order chi connectivity index (χ0) is 70.2. The number of anilines is 6. The highest BCUT2D eigenvalue weighted by Crippen LogP contribution is 2.52. The number of nitrogens with zero attached hydrogens (tertiary/aromatic N) is 4. The Morgan fingerprint density at radius 3 is 1.22 bits per heavy atom. The molecule has 19 rings (SSSR count). The third-order valence-corrected chi connectivity index (χ3v) is 24.6. The van der Waals surface area contributed by atoms with Crippen LogP contribution in [0.15, 0.2) is 279 Å². The smallest absolute Gasteiger partial charge is 0.252 e. The molecule has 2 aliphatic carbocycles. The van der Waals surface area contributed by atoms with Gasteiger partial charge in [0, 0.05) is 61.4 Å². The van der Waals surface area contributed by atoms with Crippen LogP contribution in [0.4, 0.5) is 34.1 Å². The van der Waals surface area contributed by atoms with Crippen molar-refractivity contribution in [1.82, 2.24) is 9.13 Å². The summed E-state index contributed by atoms with van der Waals surface area (Å²) in [6.45, 7) is 26.3. The van der Waals surface area contributed by atoms with Crippen molar-refractivity contribution in [2.45, 2.75) is 129 Å². The lowest BCUT2D eigenvalue weighted by atomic mass is 9.33. The van der Waals surface area contributed by atoms with Gasteiger partial charge in [-0.25, -0.2) is 0 Å². The molecule has 13 aromatic carbocycles. The standard InChI is InChI=1S/C98H87BN4/c1-94(2,3)70-25-21-24-65(54-70)69-39-49-89-84(58-69)99-83-47-44-73(102-85-29-18-15-26-75(85)76-27-16-19-30-86(76)102)59-90(83)101(72-42-34-64(35-43-72)68-37-46-80-82(57-68)98(10,11)53-51-96(80,6)7)92-61-74(103-87-31-20-17-28-77(87)78-55-66(38-48-88(78)103)62-22-13-12-14-23-62)60-91(93(92)99)100(89)71-40-32-63(33-41-71)67-36-45-79-81(56-67)97(8,9)52-50-95(79,4)5/h12-49,54-61H,50-53H2,1-11H3. The van der Waals surface area contributed by atoms with E-state index in [0.29, 0.717) is 0 Å². The number of aromatic nitrogens is 2. The van der Waals surface area contributed by atoms with Crippen LogP contribution in [0.1, 0.15) is 130 Å². The van der Waals surface area contributed by atoms with E-state index in [1.54, 1.807) is 0 Å². The second kappa shape index (κ2) is 22.8. The van der Waals surface area contributed by atoms with Gasteiger partial charge >= 0.3 is 0 Å². The highest BCUT2D eigenvalue weighted by atomic mass is 15.2. The molecular weight excluding hydrogens is 1240 g/mol. The minimum absolute atomic E-state index is 0.0299. The molecule has 2 aromatic heterocycles. The fourth-order valence-corrected chi connectivity index (χ4v) is 18.5. The predicted molar refractivity (Wildman–Crippen MR) is 440 cm³/mol. The molecule has 0 unspecified atom stereocenters. The van der Waals surface area contributed by atoms with Gasteiger partial charge in [-0.15, -0.1) is 0 Å². The second-order valence-corrected chi connectivity index (χ2v) is 33.8. The Morgan fingerprint density at radius 1 is 0.272 bits per heavy atom. The summed E-state index contributed by atoms with van der Waals surface area (Å²) in [6.07, 6.45) is 4.71. The summed E-state index contributed by atoms with van der Waals surface area (Å²) < 4.78 is 5.05. The minimum Gasteiger partial charge on any atom is -0.311 e. The van der Waals surface area contributed by atoms with Crippen molar-refractivity contribution in [3.05, 3.63) is 307 Å². The van der Waals surface area contributed by atoms with Crippen molar-refractivity contribution < 1.29 is 0 Å². The molecule has 0 bridgehead atoms. The van der Waals surface area contributed by atoms with E-state index in [0.717, 1.165) is 50.8 Å². The van der Waals surface area contributed by atoms with Crippen molar-refractivity contribution in [3.8, 4) is 55.9 Å². The molecular formula is C98H87BN4.